The molecule has 0 unspecified atom stereocenters. The van der Waals surface area contributed by atoms with Crippen molar-refractivity contribution in [3.63, 3.8) is 0 Å². The smallest absolute Gasteiger partial charge is 0.361 e. The van der Waals surface area contributed by atoms with Crippen LogP contribution in [-0.4, -0.2) is 58.9 Å². The second-order valence-corrected chi connectivity index (χ2v) is 8.56. The minimum atomic E-state index is -4.52. The zero-order valence-corrected chi connectivity index (χ0v) is 19.1. The fourth-order valence-corrected chi connectivity index (χ4v) is 4.43. The number of hydrogen-bond acceptors (Lipinski definition) is 4. The SMILES string of the molecule is CC(=O)N[C@H](Cc1c[nH]c2ccccc12)C(=O)N1CCN(c2ncc(C(F)(F)F)cc2Cl)CC1. The van der Waals surface area contributed by atoms with Gasteiger partial charge in [0.05, 0.1) is 10.6 Å². The van der Waals surface area contributed by atoms with Crippen LogP contribution in [0.3, 0.4) is 0 Å². The molecule has 11 heteroatoms. The maximum atomic E-state index is 13.3. The molecule has 4 rings (SSSR count). The average molecular weight is 494 g/mol. The predicted octanol–water partition coefficient (Wildman–Crippen LogP) is 3.63. The molecule has 2 aromatic heterocycles. The number of rotatable bonds is 5. The van der Waals surface area contributed by atoms with E-state index in [0.717, 1.165) is 28.7 Å². The Morgan fingerprint density at radius 1 is 1.21 bits per heavy atom. The minimum Gasteiger partial charge on any atom is -0.361 e. The van der Waals surface area contributed by atoms with Gasteiger partial charge in [-0.05, 0) is 17.7 Å². The number of alkyl halides is 3. The number of hydrogen-bond donors (Lipinski definition) is 2. The highest BCUT2D eigenvalue weighted by Crippen LogP contribution is 2.33. The van der Waals surface area contributed by atoms with Crippen LogP contribution in [0.25, 0.3) is 10.9 Å². The molecule has 1 atom stereocenters. The number of para-hydroxylation sites is 1. The number of aromatic nitrogens is 2. The fourth-order valence-electron chi connectivity index (χ4n) is 4.14. The lowest BCUT2D eigenvalue weighted by molar-refractivity contribution is -0.138. The van der Waals surface area contributed by atoms with Crippen molar-refractivity contribution in [2.75, 3.05) is 31.1 Å². The Bertz CT molecular complexity index is 1200. The summed E-state index contributed by atoms with van der Waals surface area (Å²) in [5.74, 6) is -0.275. The first-order valence-corrected chi connectivity index (χ1v) is 11.1. The van der Waals surface area contributed by atoms with E-state index in [2.05, 4.69) is 15.3 Å². The number of benzene rings is 1. The van der Waals surface area contributed by atoms with E-state index in [9.17, 15) is 22.8 Å². The Morgan fingerprint density at radius 3 is 2.56 bits per heavy atom. The van der Waals surface area contributed by atoms with Gasteiger partial charge in [-0.15, -0.1) is 0 Å². The molecule has 2 amide bonds. The zero-order valence-electron chi connectivity index (χ0n) is 18.3. The summed E-state index contributed by atoms with van der Waals surface area (Å²) < 4.78 is 38.6. The van der Waals surface area contributed by atoms with E-state index in [-0.39, 0.29) is 22.7 Å². The van der Waals surface area contributed by atoms with E-state index in [4.69, 9.17) is 11.6 Å². The standard InChI is InChI=1S/C23H23ClF3N5O2/c1-14(33)30-20(10-15-12-28-19-5-3-2-4-17(15)19)22(34)32-8-6-31(7-9-32)21-18(24)11-16(13-29-21)23(25,26)27/h2-5,11-13,20,28H,6-10H2,1H3,(H,30,33)/t20-/m1/s1. The summed E-state index contributed by atoms with van der Waals surface area (Å²) in [6.07, 6.45) is -1.60. The number of piperazine rings is 1. The summed E-state index contributed by atoms with van der Waals surface area (Å²) in [6, 6.07) is 7.83. The third-order valence-corrected chi connectivity index (χ3v) is 6.09. The number of amides is 2. The average Bonchev–Trinajstić information content (AvgIpc) is 3.20. The molecule has 0 spiro atoms. The summed E-state index contributed by atoms with van der Waals surface area (Å²) in [4.78, 5) is 35.5. The molecule has 0 saturated carbocycles. The molecule has 0 radical (unpaired) electrons. The Labute approximate surface area is 198 Å². The molecule has 2 N–H and O–H groups in total. The van der Waals surface area contributed by atoms with Crippen molar-refractivity contribution in [1.29, 1.82) is 0 Å². The van der Waals surface area contributed by atoms with Crippen molar-refractivity contribution < 1.29 is 22.8 Å². The van der Waals surface area contributed by atoms with Gasteiger partial charge in [-0.3, -0.25) is 9.59 Å². The van der Waals surface area contributed by atoms with Gasteiger partial charge in [0.2, 0.25) is 11.8 Å². The summed E-state index contributed by atoms with van der Waals surface area (Å²) in [5.41, 5.74) is 0.952. The van der Waals surface area contributed by atoms with E-state index in [1.807, 2.05) is 30.5 Å². The number of nitrogens with zero attached hydrogens (tertiary/aromatic N) is 3. The van der Waals surface area contributed by atoms with Crippen molar-refractivity contribution >= 4 is 40.1 Å². The Morgan fingerprint density at radius 2 is 1.91 bits per heavy atom. The van der Waals surface area contributed by atoms with Crippen LogP contribution in [0.15, 0.2) is 42.7 Å². The first kappa shape index (κ1) is 23.9. The second kappa shape index (κ2) is 9.54. The number of nitrogens with one attached hydrogen (secondary N) is 2. The molecule has 1 saturated heterocycles. The van der Waals surface area contributed by atoms with Crippen molar-refractivity contribution in [1.82, 2.24) is 20.2 Å². The first-order chi connectivity index (χ1) is 16.1. The Hall–Kier alpha value is -3.27. The van der Waals surface area contributed by atoms with Gasteiger partial charge in [-0.2, -0.15) is 13.2 Å². The lowest BCUT2D eigenvalue weighted by atomic mass is 10.0. The summed E-state index contributed by atoms with van der Waals surface area (Å²) in [6.45, 7) is 2.71. The van der Waals surface area contributed by atoms with Gasteiger partial charge >= 0.3 is 6.18 Å². The lowest BCUT2D eigenvalue weighted by Crippen LogP contribution is -2.55. The van der Waals surface area contributed by atoms with Crippen molar-refractivity contribution in [3.05, 3.63) is 58.9 Å². The van der Waals surface area contributed by atoms with E-state index in [1.165, 1.54) is 6.92 Å². The molecule has 1 aliphatic rings. The fraction of sp³-hybridized carbons (Fsp3) is 0.348. The Kier molecular flexibility index (Phi) is 6.70. The highest BCUT2D eigenvalue weighted by molar-refractivity contribution is 6.33. The van der Waals surface area contributed by atoms with Crippen LogP contribution in [-0.2, 0) is 22.2 Å². The molecular weight excluding hydrogens is 471 g/mol. The van der Waals surface area contributed by atoms with Crippen LogP contribution in [0.5, 0.6) is 0 Å². The van der Waals surface area contributed by atoms with Crippen molar-refractivity contribution in [2.24, 2.45) is 0 Å². The highest BCUT2D eigenvalue weighted by Gasteiger charge is 2.33. The van der Waals surface area contributed by atoms with Crippen LogP contribution in [0.4, 0.5) is 19.0 Å². The number of carbonyl (C=O) groups excluding carboxylic acids is 2. The topological polar surface area (TPSA) is 81.3 Å². The molecule has 3 aromatic rings. The lowest BCUT2D eigenvalue weighted by Gasteiger charge is -2.37. The summed E-state index contributed by atoms with van der Waals surface area (Å²) in [7, 11) is 0. The largest absolute Gasteiger partial charge is 0.417 e. The zero-order chi connectivity index (χ0) is 24.5. The molecule has 3 heterocycles. The van der Waals surface area contributed by atoms with Gasteiger partial charge in [0.25, 0.3) is 0 Å². The van der Waals surface area contributed by atoms with E-state index in [1.54, 1.807) is 9.80 Å². The molecule has 7 nitrogen and oxygen atoms in total. The van der Waals surface area contributed by atoms with E-state index < -0.39 is 17.8 Å². The molecule has 1 aliphatic heterocycles. The first-order valence-electron chi connectivity index (χ1n) is 10.7. The second-order valence-electron chi connectivity index (χ2n) is 8.16. The van der Waals surface area contributed by atoms with Crippen LogP contribution in [0.1, 0.15) is 18.1 Å². The quantitative estimate of drug-likeness (QED) is 0.569. The van der Waals surface area contributed by atoms with Gasteiger partial charge < -0.3 is 20.1 Å². The number of pyridine rings is 1. The molecule has 34 heavy (non-hydrogen) atoms. The summed E-state index contributed by atoms with van der Waals surface area (Å²) >= 11 is 6.07. The molecular formula is C23H23ClF3N5O2. The molecule has 1 fully saturated rings. The Balaban J connectivity index is 1.44. The third-order valence-electron chi connectivity index (χ3n) is 5.81. The highest BCUT2D eigenvalue weighted by atomic mass is 35.5. The van der Waals surface area contributed by atoms with Crippen LogP contribution >= 0.6 is 11.6 Å². The van der Waals surface area contributed by atoms with Gasteiger partial charge in [0, 0.05) is 62.8 Å². The summed E-state index contributed by atoms with van der Waals surface area (Å²) in [5, 5.41) is 3.65. The van der Waals surface area contributed by atoms with Gasteiger partial charge in [-0.1, -0.05) is 29.8 Å². The van der Waals surface area contributed by atoms with Crippen LogP contribution in [0.2, 0.25) is 5.02 Å². The maximum absolute atomic E-state index is 13.3. The number of carbonyl (C=O) groups is 2. The number of H-pyrrole nitrogens is 1. The van der Waals surface area contributed by atoms with Gasteiger partial charge in [0.15, 0.2) is 0 Å². The number of aromatic amines is 1. The minimum absolute atomic E-state index is 0.0925. The maximum Gasteiger partial charge on any atom is 0.417 e. The van der Waals surface area contributed by atoms with E-state index in [0.29, 0.717) is 32.6 Å². The molecule has 180 valence electrons. The normalized spacial score (nSPS) is 15.4. The van der Waals surface area contributed by atoms with Crippen LogP contribution in [0, 0.1) is 0 Å². The predicted molar refractivity (Wildman–Crippen MR) is 123 cm³/mol. The third kappa shape index (κ3) is 5.11. The number of halogens is 4. The van der Waals surface area contributed by atoms with Crippen LogP contribution < -0.4 is 10.2 Å². The van der Waals surface area contributed by atoms with Gasteiger partial charge in [0.1, 0.15) is 11.9 Å². The van der Waals surface area contributed by atoms with Crippen molar-refractivity contribution in [2.45, 2.75) is 25.6 Å². The number of fused-ring (bicyclic) bond motifs is 1. The monoisotopic (exact) mass is 493 g/mol. The van der Waals surface area contributed by atoms with E-state index >= 15 is 0 Å². The van der Waals surface area contributed by atoms with Gasteiger partial charge in [-0.25, -0.2) is 4.98 Å². The number of anilines is 1. The molecule has 0 bridgehead atoms. The molecule has 0 aliphatic carbocycles. The molecule has 1 aromatic carbocycles. The van der Waals surface area contributed by atoms with Crippen molar-refractivity contribution in [3.8, 4) is 0 Å².